The normalized spacial score (nSPS) is 26.5. The third kappa shape index (κ3) is 3.31. The molecule has 2 unspecified atom stereocenters. The van der Waals surface area contributed by atoms with E-state index in [0.717, 1.165) is 42.8 Å². The number of aromatic nitrogens is 1. The molecule has 1 aromatic carbocycles. The predicted octanol–water partition coefficient (Wildman–Crippen LogP) is 3.00. The van der Waals surface area contributed by atoms with E-state index in [9.17, 15) is 9.59 Å². The van der Waals surface area contributed by atoms with Crippen LogP contribution in [0.25, 0.3) is 10.9 Å². The molecule has 2 saturated carbocycles. The molecule has 27 heavy (non-hydrogen) atoms. The molecule has 3 heterocycles. The van der Waals surface area contributed by atoms with E-state index in [1.165, 1.54) is 12.8 Å². The summed E-state index contributed by atoms with van der Waals surface area (Å²) < 4.78 is 0. The number of fused-ring (bicyclic) bond motifs is 3. The molecule has 6 rings (SSSR count). The molecule has 4 fully saturated rings. The number of nitrogens with zero attached hydrogens (tertiary/aromatic N) is 2. The lowest BCUT2D eigenvalue weighted by molar-refractivity contribution is -0.139. The minimum atomic E-state index is -0.0317. The molecular weight excluding hydrogens is 338 g/mol. The highest BCUT2D eigenvalue weighted by Crippen LogP contribution is 2.41. The lowest BCUT2D eigenvalue weighted by Gasteiger charge is -2.53. The summed E-state index contributed by atoms with van der Waals surface area (Å²) in [6.45, 7) is 1.59. The van der Waals surface area contributed by atoms with Crippen molar-refractivity contribution in [1.82, 2.24) is 15.2 Å². The molecule has 2 atom stereocenters. The maximum absolute atomic E-state index is 12.7. The number of carbonyl (C=O) groups is 2. The first-order chi connectivity index (χ1) is 13.2. The first-order valence-corrected chi connectivity index (χ1v) is 10.1. The third-order valence-electron chi connectivity index (χ3n) is 6.51. The SMILES string of the molecule is O=C(NC1C2CC1CN(C(=O)CCC1CC1)C2)c1ccc2cccnc2c1. The summed E-state index contributed by atoms with van der Waals surface area (Å²) in [5.41, 5.74) is 1.50. The van der Waals surface area contributed by atoms with E-state index in [1.807, 2.05) is 35.2 Å². The van der Waals surface area contributed by atoms with Crippen LogP contribution in [0, 0.1) is 17.8 Å². The first-order valence-electron chi connectivity index (χ1n) is 10.1. The average Bonchev–Trinajstić information content (AvgIpc) is 3.54. The Balaban J connectivity index is 1.19. The Morgan fingerprint density at radius 1 is 1.15 bits per heavy atom. The van der Waals surface area contributed by atoms with Crippen molar-refractivity contribution in [2.24, 2.45) is 17.8 Å². The number of carbonyl (C=O) groups excluding carboxylic acids is 2. The van der Waals surface area contributed by atoms with Gasteiger partial charge in [-0.2, -0.15) is 0 Å². The number of piperidine rings is 2. The smallest absolute Gasteiger partial charge is 0.251 e. The molecule has 2 aromatic rings. The second-order valence-corrected chi connectivity index (χ2v) is 8.45. The maximum atomic E-state index is 12.7. The van der Waals surface area contributed by atoms with Gasteiger partial charge in [-0.3, -0.25) is 14.6 Å². The molecular formula is C22H25N3O2. The summed E-state index contributed by atoms with van der Waals surface area (Å²) in [5.74, 6) is 1.88. The molecule has 2 aliphatic carbocycles. The highest BCUT2D eigenvalue weighted by atomic mass is 16.2. The molecule has 0 spiro atoms. The van der Waals surface area contributed by atoms with Gasteiger partial charge in [0.2, 0.25) is 5.91 Å². The highest BCUT2D eigenvalue weighted by molar-refractivity contribution is 5.98. The van der Waals surface area contributed by atoms with E-state index in [2.05, 4.69) is 10.3 Å². The summed E-state index contributed by atoms with van der Waals surface area (Å²) >= 11 is 0. The first kappa shape index (κ1) is 16.7. The van der Waals surface area contributed by atoms with Gasteiger partial charge in [0.05, 0.1) is 5.52 Å². The van der Waals surface area contributed by atoms with E-state index < -0.39 is 0 Å². The Morgan fingerprint density at radius 3 is 2.74 bits per heavy atom. The summed E-state index contributed by atoms with van der Waals surface area (Å²) in [4.78, 5) is 31.5. The van der Waals surface area contributed by atoms with Gasteiger partial charge in [0.15, 0.2) is 0 Å². The van der Waals surface area contributed by atoms with Crippen LogP contribution in [0.5, 0.6) is 0 Å². The molecule has 2 amide bonds. The van der Waals surface area contributed by atoms with Gasteiger partial charge >= 0.3 is 0 Å². The van der Waals surface area contributed by atoms with Crippen molar-refractivity contribution in [3.63, 3.8) is 0 Å². The quantitative estimate of drug-likeness (QED) is 0.888. The second kappa shape index (κ2) is 6.63. The average molecular weight is 363 g/mol. The van der Waals surface area contributed by atoms with Gasteiger partial charge in [-0.05, 0) is 48.8 Å². The summed E-state index contributed by atoms with van der Waals surface area (Å²) in [5, 5.41) is 4.25. The number of nitrogens with one attached hydrogen (secondary N) is 1. The van der Waals surface area contributed by atoms with Crippen LogP contribution < -0.4 is 5.32 Å². The molecule has 5 nitrogen and oxygen atoms in total. The molecule has 1 aromatic heterocycles. The molecule has 2 bridgehead atoms. The van der Waals surface area contributed by atoms with E-state index in [1.54, 1.807) is 6.20 Å². The Kier molecular flexibility index (Phi) is 4.10. The Labute approximate surface area is 159 Å². The van der Waals surface area contributed by atoms with Gasteiger partial charge in [0.1, 0.15) is 0 Å². The number of hydrogen-bond acceptors (Lipinski definition) is 3. The maximum Gasteiger partial charge on any atom is 0.251 e. The van der Waals surface area contributed by atoms with Crippen molar-refractivity contribution in [1.29, 1.82) is 0 Å². The topological polar surface area (TPSA) is 62.3 Å². The molecule has 1 N–H and O–H groups in total. The molecule has 4 aliphatic rings. The summed E-state index contributed by atoms with van der Waals surface area (Å²) in [6, 6.07) is 9.75. The molecule has 2 saturated heterocycles. The number of rotatable bonds is 5. The largest absolute Gasteiger partial charge is 0.349 e. The van der Waals surface area contributed by atoms with Crippen molar-refractivity contribution < 1.29 is 9.59 Å². The zero-order valence-corrected chi connectivity index (χ0v) is 15.4. The standard InChI is InChI=1S/C22H25N3O2/c26-20(8-5-14-3-4-14)25-12-17-10-18(13-25)21(17)24-22(27)16-7-6-15-2-1-9-23-19(15)11-16/h1-2,6-7,9,11,14,17-18,21H,3-5,8,10,12-13H2,(H,24,27). The van der Waals surface area contributed by atoms with E-state index in [4.69, 9.17) is 0 Å². The predicted molar refractivity (Wildman–Crippen MR) is 103 cm³/mol. The van der Waals surface area contributed by atoms with Crippen LogP contribution >= 0.6 is 0 Å². The van der Waals surface area contributed by atoms with Crippen LogP contribution in [0.4, 0.5) is 0 Å². The van der Waals surface area contributed by atoms with Gasteiger partial charge in [0.25, 0.3) is 5.91 Å². The fraction of sp³-hybridized carbons (Fsp3) is 0.500. The van der Waals surface area contributed by atoms with Crippen LogP contribution in [-0.2, 0) is 4.79 Å². The van der Waals surface area contributed by atoms with Gasteiger partial charge < -0.3 is 10.2 Å². The molecule has 0 radical (unpaired) electrons. The van der Waals surface area contributed by atoms with Gasteiger partial charge in [0, 0.05) is 42.7 Å². The molecule has 5 heteroatoms. The van der Waals surface area contributed by atoms with Crippen molar-refractivity contribution in [3.05, 3.63) is 42.1 Å². The Hall–Kier alpha value is -2.43. The fourth-order valence-electron chi connectivity index (χ4n) is 4.66. The van der Waals surface area contributed by atoms with E-state index in [-0.39, 0.29) is 11.9 Å². The van der Waals surface area contributed by atoms with Crippen molar-refractivity contribution in [2.75, 3.05) is 13.1 Å². The van der Waals surface area contributed by atoms with Crippen LogP contribution in [0.3, 0.4) is 0 Å². The lowest BCUT2D eigenvalue weighted by atomic mass is 9.66. The number of amides is 2. The summed E-state index contributed by atoms with van der Waals surface area (Å²) in [7, 11) is 0. The Morgan fingerprint density at radius 2 is 1.96 bits per heavy atom. The summed E-state index contributed by atoms with van der Waals surface area (Å²) in [6.07, 6.45) is 7.23. The zero-order valence-electron chi connectivity index (χ0n) is 15.4. The van der Waals surface area contributed by atoms with Crippen LogP contribution in [0.2, 0.25) is 0 Å². The van der Waals surface area contributed by atoms with Crippen LogP contribution in [0.15, 0.2) is 36.5 Å². The van der Waals surface area contributed by atoms with Crippen LogP contribution in [-0.4, -0.2) is 40.8 Å². The van der Waals surface area contributed by atoms with Gasteiger partial charge in [-0.25, -0.2) is 0 Å². The fourth-order valence-corrected chi connectivity index (χ4v) is 4.66. The second-order valence-electron chi connectivity index (χ2n) is 8.45. The zero-order chi connectivity index (χ0) is 18.4. The minimum absolute atomic E-state index is 0.0317. The van der Waals surface area contributed by atoms with Crippen molar-refractivity contribution >= 4 is 22.7 Å². The number of hydrogen-bond donors (Lipinski definition) is 1. The van der Waals surface area contributed by atoms with E-state index in [0.29, 0.717) is 29.7 Å². The van der Waals surface area contributed by atoms with Gasteiger partial charge in [-0.15, -0.1) is 0 Å². The third-order valence-corrected chi connectivity index (χ3v) is 6.51. The number of benzene rings is 1. The number of pyridine rings is 1. The van der Waals surface area contributed by atoms with Crippen molar-refractivity contribution in [2.45, 2.75) is 38.1 Å². The van der Waals surface area contributed by atoms with Gasteiger partial charge in [-0.1, -0.05) is 25.0 Å². The highest BCUT2D eigenvalue weighted by Gasteiger charge is 2.48. The monoisotopic (exact) mass is 363 g/mol. The lowest BCUT2D eigenvalue weighted by Crippen LogP contribution is -2.65. The molecule has 2 aliphatic heterocycles. The van der Waals surface area contributed by atoms with E-state index >= 15 is 0 Å². The minimum Gasteiger partial charge on any atom is -0.349 e. The van der Waals surface area contributed by atoms with Crippen molar-refractivity contribution in [3.8, 4) is 0 Å². The molecule has 140 valence electrons. The Bertz CT molecular complexity index is 880. The van der Waals surface area contributed by atoms with Crippen LogP contribution in [0.1, 0.15) is 42.5 Å².